The van der Waals surface area contributed by atoms with Crippen molar-refractivity contribution in [1.82, 2.24) is 16.0 Å². The standard InChI is InChI=1S/C22H26N4O2.C2HF3O2/c27-21(22(28)25-19-9-11-23-14-19)24-13-16-5-7-17(8-6-16)15-26-12-10-18-3-1-2-4-20(18)26;3-2(4,5)1(6)7/h1-8,19,23H,9-15H2,(H,24,27)(H,25,28);(H,6,7)/t19-;/m1./s1. The van der Waals surface area contributed by atoms with Crippen LogP contribution in [-0.2, 0) is 33.9 Å². The lowest BCUT2D eigenvalue weighted by Crippen LogP contribution is -2.45. The summed E-state index contributed by atoms with van der Waals surface area (Å²) in [6, 6.07) is 16.8. The summed E-state index contributed by atoms with van der Waals surface area (Å²) in [4.78, 5) is 35.2. The third-order valence-electron chi connectivity index (χ3n) is 5.68. The first-order valence-corrected chi connectivity index (χ1v) is 11.1. The summed E-state index contributed by atoms with van der Waals surface area (Å²) < 4.78 is 31.7. The summed E-state index contributed by atoms with van der Waals surface area (Å²) in [6.07, 6.45) is -3.12. The Morgan fingerprint density at radius 2 is 1.69 bits per heavy atom. The number of amides is 2. The van der Waals surface area contributed by atoms with Crippen molar-refractivity contribution in [2.24, 2.45) is 0 Å². The number of fused-ring (bicyclic) bond motifs is 1. The lowest BCUT2D eigenvalue weighted by Gasteiger charge is -2.19. The van der Waals surface area contributed by atoms with Gasteiger partial charge in [0.25, 0.3) is 0 Å². The molecule has 0 aromatic heterocycles. The third-order valence-corrected chi connectivity index (χ3v) is 5.68. The number of alkyl halides is 3. The first-order chi connectivity index (χ1) is 16.6. The van der Waals surface area contributed by atoms with E-state index < -0.39 is 24.0 Å². The molecule has 2 heterocycles. The van der Waals surface area contributed by atoms with Crippen molar-refractivity contribution >= 4 is 23.5 Å². The molecule has 2 amide bonds. The number of rotatable bonds is 5. The fourth-order valence-electron chi connectivity index (χ4n) is 3.85. The minimum absolute atomic E-state index is 0.0493. The van der Waals surface area contributed by atoms with Gasteiger partial charge in [0.2, 0.25) is 0 Å². The van der Waals surface area contributed by atoms with Crippen molar-refractivity contribution in [2.75, 3.05) is 24.5 Å². The van der Waals surface area contributed by atoms with Crippen molar-refractivity contribution in [3.8, 4) is 0 Å². The largest absolute Gasteiger partial charge is 0.490 e. The first-order valence-electron chi connectivity index (χ1n) is 11.1. The molecule has 11 heteroatoms. The van der Waals surface area contributed by atoms with Crippen molar-refractivity contribution in [3.63, 3.8) is 0 Å². The molecule has 8 nitrogen and oxygen atoms in total. The Labute approximate surface area is 200 Å². The van der Waals surface area contributed by atoms with Crippen molar-refractivity contribution < 1.29 is 32.7 Å². The molecule has 4 rings (SSSR count). The van der Waals surface area contributed by atoms with E-state index in [4.69, 9.17) is 9.90 Å². The van der Waals surface area contributed by atoms with Crippen LogP contribution >= 0.6 is 0 Å². The van der Waals surface area contributed by atoms with Gasteiger partial charge in [0.1, 0.15) is 0 Å². The molecule has 0 spiro atoms. The second-order valence-electron chi connectivity index (χ2n) is 8.27. The zero-order chi connectivity index (χ0) is 25.4. The van der Waals surface area contributed by atoms with E-state index in [9.17, 15) is 22.8 Å². The van der Waals surface area contributed by atoms with Gasteiger partial charge in [-0.2, -0.15) is 13.2 Å². The number of benzene rings is 2. The zero-order valence-electron chi connectivity index (χ0n) is 18.9. The molecular weight excluding hydrogens is 465 g/mol. The molecule has 35 heavy (non-hydrogen) atoms. The van der Waals surface area contributed by atoms with E-state index in [0.717, 1.165) is 44.6 Å². The van der Waals surface area contributed by atoms with Crippen LogP contribution < -0.4 is 20.9 Å². The van der Waals surface area contributed by atoms with Crippen molar-refractivity contribution in [3.05, 3.63) is 65.2 Å². The lowest BCUT2D eigenvalue weighted by atomic mass is 10.1. The highest BCUT2D eigenvalue weighted by Gasteiger charge is 2.38. The SMILES string of the molecule is O=C(NCc1ccc(CN2CCc3ccccc32)cc1)C(=O)N[C@@H]1CCNC1.O=C(O)C(F)(F)F. The van der Waals surface area contributed by atoms with E-state index in [0.29, 0.717) is 6.54 Å². The number of halogens is 3. The number of anilines is 1. The lowest BCUT2D eigenvalue weighted by molar-refractivity contribution is -0.192. The van der Waals surface area contributed by atoms with Gasteiger partial charge in [0.05, 0.1) is 0 Å². The highest BCUT2D eigenvalue weighted by atomic mass is 19.4. The number of carbonyl (C=O) groups excluding carboxylic acids is 2. The van der Waals surface area contributed by atoms with Gasteiger partial charge in [-0.25, -0.2) is 4.79 Å². The second-order valence-corrected chi connectivity index (χ2v) is 8.27. The number of carboxylic acid groups (broad SMARTS) is 1. The van der Waals surface area contributed by atoms with Gasteiger partial charge in [-0.3, -0.25) is 9.59 Å². The molecule has 1 fully saturated rings. The molecule has 0 radical (unpaired) electrons. The molecular formula is C24H27F3N4O4. The zero-order valence-corrected chi connectivity index (χ0v) is 18.9. The van der Waals surface area contributed by atoms with Gasteiger partial charge in [0, 0.05) is 37.9 Å². The van der Waals surface area contributed by atoms with Crippen LogP contribution in [0.1, 0.15) is 23.1 Å². The molecule has 2 aromatic carbocycles. The molecule has 2 aromatic rings. The Kier molecular flexibility index (Phi) is 8.69. The Morgan fingerprint density at radius 1 is 1.03 bits per heavy atom. The molecule has 0 saturated carbocycles. The first kappa shape index (κ1) is 26.0. The van der Waals surface area contributed by atoms with Gasteiger partial charge in [-0.1, -0.05) is 42.5 Å². The minimum Gasteiger partial charge on any atom is -0.475 e. The predicted octanol–water partition coefficient (Wildman–Crippen LogP) is 1.98. The molecule has 188 valence electrons. The molecule has 0 aliphatic carbocycles. The van der Waals surface area contributed by atoms with Crippen LogP contribution in [0.15, 0.2) is 48.5 Å². The maximum absolute atomic E-state index is 12.0. The summed E-state index contributed by atoms with van der Waals surface area (Å²) in [5.41, 5.74) is 4.95. The van der Waals surface area contributed by atoms with Crippen LogP contribution in [0.25, 0.3) is 0 Å². The molecule has 1 atom stereocenters. The van der Waals surface area contributed by atoms with Crippen LogP contribution in [0, 0.1) is 0 Å². The van der Waals surface area contributed by atoms with Crippen LogP contribution in [0.5, 0.6) is 0 Å². The Bertz CT molecular complexity index is 1040. The molecule has 2 aliphatic rings. The Morgan fingerprint density at radius 3 is 2.31 bits per heavy atom. The van der Waals surface area contributed by atoms with E-state index in [1.165, 1.54) is 16.8 Å². The highest BCUT2D eigenvalue weighted by molar-refractivity contribution is 6.35. The number of para-hydroxylation sites is 1. The second kappa shape index (κ2) is 11.7. The van der Waals surface area contributed by atoms with E-state index in [1.54, 1.807) is 0 Å². The number of nitrogens with one attached hydrogen (secondary N) is 3. The maximum atomic E-state index is 12.0. The predicted molar refractivity (Wildman–Crippen MR) is 123 cm³/mol. The normalized spacial score (nSPS) is 16.7. The highest BCUT2D eigenvalue weighted by Crippen LogP contribution is 2.28. The van der Waals surface area contributed by atoms with Gasteiger partial charge >= 0.3 is 24.0 Å². The van der Waals surface area contributed by atoms with Crippen LogP contribution in [0.3, 0.4) is 0 Å². The van der Waals surface area contributed by atoms with E-state index >= 15 is 0 Å². The monoisotopic (exact) mass is 492 g/mol. The van der Waals surface area contributed by atoms with Gasteiger partial charge in [-0.15, -0.1) is 0 Å². The van der Waals surface area contributed by atoms with Crippen molar-refractivity contribution in [1.29, 1.82) is 0 Å². The number of hydrogen-bond donors (Lipinski definition) is 4. The maximum Gasteiger partial charge on any atom is 0.490 e. The average molecular weight is 492 g/mol. The summed E-state index contributed by atoms with van der Waals surface area (Å²) >= 11 is 0. The number of carboxylic acids is 1. The van der Waals surface area contributed by atoms with E-state index in [2.05, 4.69) is 57.2 Å². The van der Waals surface area contributed by atoms with Gasteiger partial charge in [0.15, 0.2) is 0 Å². The molecule has 1 saturated heterocycles. The fraction of sp³-hybridized carbons (Fsp3) is 0.375. The van der Waals surface area contributed by atoms with Gasteiger partial charge < -0.3 is 26.0 Å². The fourth-order valence-corrected chi connectivity index (χ4v) is 3.85. The number of hydrogen-bond acceptors (Lipinski definition) is 5. The Hall–Kier alpha value is -3.60. The number of aliphatic carboxylic acids is 1. The quantitative estimate of drug-likeness (QED) is 0.475. The molecule has 0 bridgehead atoms. The van der Waals surface area contributed by atoms with E-state index in [1.807, 2.05) is 12.1 Å². The van der Waals surface area contributed by atoms with Gasteiger partial charge in [-0.05, 0) is 42.1 Å². The summed E-state index contributed by atoms with van der Waals surface area (Å²) in [6.45, 7) is 3.87. The Balaban J connectivity index is 0.000000429. The van der Waals surface area contributed by atoms with E-state index in [-0.39, 0.29) is 6.04 Å². The van der Waals surface area contributed by atoms with Crippen LogP contribution in [0.2, 0.25) is 0 Å². The van der Waals surface area contributed by atoms with Crippen LogP contribution in [-0.4, -0.2) is 54.7 Å². The van der Waals surface area contributed by atoms with Crippen molar-refractivity contribution in [2.45, 2.75) is 38.1 Å². The smallest absolute Gasteiger partial charge is 0.475 e. The molecule has 4 N–H and O–H groups in total. The van der Waals surface area contributed by atoms with Crippen LogP contribution in [0.4, 0.5) is 18.9 Å². The number of nitrogens with zero attached hydrogens (tertiary/aromatic N) is 1. The third kappa shape index (κ3) is 7.71. The minimum atomic E-state index is -5.08. The number of carbonyl (C=O) groups is 3. The summed E-state index contributed by atoms with van der Waals surface area (Å²) in [5, 5.41) is 15.7. The average Bonchev–Trinajstić information content (AvgIpc) is 3.48. The summed E-state index contributed by atoms with van der Waals surface area (Å²) in [5.74, 6) is -3.89. The topological polar surface area (TPSA) is 111 Å². The molecule has 2 aliphatic heterocycles. The molecule has 0 unspecified atom stereocenters. The summed E-state index contributed by atoms with van der Waals surface area (Å²) in [7, 11) is 0.